The van der Waals surface area contributed by atoms with Gasteiger partial charge < -0.3 is 16.2 Å². The summed E-state index contributed by atoms with van der Waals surface area (Å²) in [6.45, 7) is 2.35. The molecule has 0 saturated carbocycles. The Morgan fingerprint density at radius 2 is 2.50 bits per heavy atom. The van der Waals surface area contributed by atoms with Crippen LogP contribution in [0.2, 0.25) is 0 Å². The molecule has 1 aliphatic heterocycles. The predicted molar refractivity (Wildman–Crippen MR) is 52.5 cm³/mol. The Morgan fingerprint density at radius 3 is 3.14 bits per heavy atom. The van der Waals surface area contributed by atoms with Crippen molar-refractivity contribution in [1.82, 2.24) is 5.01 Å². The molecule has 0 spiro atoms. The normalized spacial score (nSPS) is 22.6. The van der Waals surface area contributed by atoms with Gasteiger partial charge in [0.25, 0.3) is 0 Å². The van der Waals surface area contributed by atoms with Crippen molar-refractivity contribution in [3.63, 3.8) is 0 Å². The van der Waals surface area contributed by atoms with E-state index in [9.17, 15) is 4.79 Å². The molecule has 0 bridgehead atoms. The molecule has 0 radical (unpaired) electrons. The first-order chi connectivity index (χ1) is 6.72. The van der Waals surface area contributed by atoms with Crippen molar-refractivity contribution in [2.24, 2.45) is 22.5 Å². The number of hydrazone groups is 1. The Morgan fingerprint density at radius 1 is 1.71 bits per heavy atom. The van der Waals surface area contributed by atoms with Gasteiger partial charge in [0, 0.05) is 13.1 Å². The number of nitrogens with zero attached hydrogens (tertiary/aromatic N) is 2. The summed E-state index contributed by atoms with van der Waals surface area (Å²) < 4.78 is 4.39. The number of hydrogen-bond acceptors (Lipinski definition) is 5. The maximum absolute atomic E-state index is 10.2. The molecule has 0 unspecified atom stereocenters. The molecule has 6 heteroatoms. The van der Waals surface area contributed by atoms with Crippen LogP contribution in [0.3, 0.4) is 0 Å². The van der Waals surface area contributed by atoms with Crippen LogP contribution in [0.5, 0.6) is 0 Å². The first kappa shape index (κ1) is 10.8. The first-order valence-corrected chi connectivity index (χ1v) is 4.66. The number of nitrogens with two attached hydrogens (primary N) is 2. The third-order valence-electron chi connectivity index (χ3n) is 2.21. The van der Waals surface area contributed by atoms with Crippen molar-refractivity contribution in [2.75, 3.05) is 19.6 Å². The molecule has 0 aliphatic carbocycles. The van der Waals surface area contributed by atoms with Crippen molar-refractivity contribution >= 4 is 12.5 Å². The van der Waals surface area contributed by atoms with Crippen molar-refractivity contribution in [3.05, 3.63) is 0 Å². The van der Waals surface area contributed by atoms with Gasteiger partial charge in [-0.15, -0.1) is 5.10 Å². The fourth-order valence-corrected chi connectivity index (χ4v) is 1.48. The third-order valence-corrected chi connectivity index (χ3v) is 2.21. The van der Waals surface area contributed by atoms with Crippen molar-refractivity contribution in [3.8, 4) is 0 Å². The van der Waals surface area contributed by atoms with Gasteiger partial charge in [-0.25, -0.2) is 4.79 Å². The third kappa shape index (κ3) is 3.61. The van der Waals surface area contributed by atoms with Gasteiger partial charge in [-0.05, 0) is 25.3 Å². The Labute approximate surface area is 82.9 Å². The quantitative estimate of drug-likeness (QED) is 0.483. The van der Waals surface area contributed by atoms with Crippen LogP contribution in [0.25, 0.3) is 0 Å². The highest BCUT2D eigenvalue weighted by molar-refractivity contribution is 5.74. The lowest BCUT2D eigenvalue weighted by atomic mass is 10.00. The van der Waals surface area contributed by atoms with Crippen LogP contribution in [0.15, 0.2) is 5.10 Å². The number of amides is 1. The number of primary amides is 1. The summed E-state index contributed by atoms with van der Waals surface area (Å²) in [7, 11) is 0. The monoisotopic (exact) mass is 200 g/mol. The standard InChI is InChI=1S/C8H16N4O2/c9-4-7-2-1-3-12(5-7)11-6-14-8(10)13/h6-7H,1-5,9H2,(H2,10,13)/t7-/m0/s1. The molecule has 1 saturated heterocycles. The second-order valence-electron chi connectivity index (χ2n) is 3.31. The van der Waals surface area contributed by atoms with E-state index >= 15 is 0 Å². The predicted octanol–water partition coefficient (Wildman–Crippen LogP) is -0.304. The number of carbonyl (C=O) groups excluding carboxylic acids is 1. The first-order valence-electron chi connectivity index (χ1n) is 4.66. The van der Waals surface area contributed by atoms with Gasteiger partial charge in [0.05, 0.1) is 0 Å². The van der Waals surface area contributed by atoms with Crippen LogP contribution in [0.4, 0.5) is 4.79 Å². The molecule has 14 heavy (non-hydrogen) atoms. The van der Waals surface area contributed by atoms with E-state index in [2.05, 4.69) is 9.84 Å². The number of rotatable bonds is 3. The van der Waals surface area contributed by atoms with Crippen LogP contribution >= 0.6 is 0 Å². The molecule has 0 aromatic rings. The summed E-state index contributed by atoms with van der Waals surface area (Å²) in [4.78, 5) is 10.2. The van der Waals surface area contributed by atoms with E-state index in [-0.39, 0.29) is 0 Å². The largest absolute Gasteiger partial charge is 0.410 e. The Balaban J connectivity index is 2.29. The fourth-order valence-electron chi connectivity index (χ4n) is 1.48. The number of hydrogen-bond donors (Lipinski definition) is 2. The van der Waals surface area contributed by atoms with Crippen LogP contribution < -0.4 is 11.5 Å². The Bertz CT molecular complexity index is 219. The topological polar surface area (TPSA) is 93.9 Å². The molecule has 6 nitrogen and oxygen atoms in total. The zero-order valence-corrected chi connectivity index (χ0v) is 8.06. The smallest absolute Gasteiger partial charge is 0.397 e. The molecule has 1 fully saturated rings. The van der Waals surface area contributed by atoms with Crippen LogP contribution in [-0.4, -0.2) is 37.1 Å². The molecular formula is C8H16N4O2. The fraction of sp³-hybridized carbons (Fsp3) is 0.750. The summed E-state index contributed by atoms with van der Waals surface area (Å²) in [5.41, 5.74) is 10.3. The maximum atomic E-state index is 10.2. The molecule has 80 valence electrons. The number of carbonyl (C=O) groups is 1. The van der Waals surface area contributed by atoms with Gasteiger partial charge >= 0.3 is 6.09 Å². The van der Waals surface area contributed by atoms with E-state index in [0.29, 0.717) is 12.5 Å². The Kier molecular flexibility index (Phi) is 4.18. The van der Waals surface area contributed by atoms with Crippen LogP contribution in [0.1, 0.15) is 12.8 Å². The lowest BCUT2D eigenvalue weighted by Gasteiger charge is -2.29. The minimum Gasteiger partial charge on any atom is -0.397 e. The highest BCUT2D eigenvalue weighted by Crippen LogP contribution is 2.14. The summed E-state index contributed by atoms with van der Waals surface area (Å²) >= 11 is 0. The molecule has 0 aromatic carbocycles. The Hall–Kier alpha value is -1.30. The average Bonchev–Trinajstić information content (AvgIpc) is 2.18. The maximum Gasteiger partial charge on any atom is 0.410 e. The van der Waals surface area contributed by atoms with E-state index in [1.807, 2.05) is 5.01 Å². The van der Waals surface area contributed by atoms with E-state index < -0.39 is 6.09 Å². The van der Waals surface area contributed by atoms with Crippen molar-refractivity contribution in [2.45, 2.75) is 12.8 Å². The van der Waals surface area contributed by atoms with Crippen molar-refractivity contribution in [1.29, 1.82) is 0 Å². The molecule has 1 atom stereocenters. The molecule has 1 rings (SSSR count). The van der Waals surface area contributed by atoms with E-state index in [1.54, 1.807) is 0 Å². The summed E-state index contributed by atoms with van der Waals surface area (Å²) in [6, 6.07) is 0. The van der Waals surface area contributed by atoms with Gasteiger partial charge in [0.2, 0.25) is 6.40 Å². The van der Waals surface area contributed by atoms with E-state index in [0.717, 1.165) is 32.3 Å². The summed E-state index contributed by atoms with van der Waals surface area (Å²) in [5, 5.41) is 5.79. The summed E-state index contributed by atoms with van der Waals surface area (Å²) in [6.07, 6.45) is 2.43. The lowest BCUT2D eigenvalue weighted by Crippen LogP contribution is -2.35. The van der Waals surface area contributed by atoms with Gasteiger partial charge in [-0.3, -0.25) is 5.01 Å². The molecular weight excluding hydrogens is 184 g/mol. The van der Waals surface area contributed by atoms with Gasteiger partial charge in [-0.2, -0.15) is 0 Å². The lowest BCUT2D eigenvalue weighted by molar-refractivity contribution is 0.178. The SMILES string of the molecule is NC[C@@H]1CCCN(N=COC(N)=O)C1. The minimum absolute atomic E-state index is 0.481. The van der Waals surface area contributed by atoms with Crippen molar-refractivity contribution < 1.29 is 9.53 Å². The minimum atomic E-state index is -0.846. The molecule has 1 heterocycles. The highest BCUT2D eigenvalue weighted by Gasteiger charge is 2.16. The van der Waals surface area contributed by atoms with Gasteiger partial charge in [0.15, 0.2) is 0 Å². The second-order valence-corrected chi connectivity index (χ2v) is 3.31. The molecule has 1 amide bonds. The second kappa shape index (κ2) is 5.43. The highest BCUT2D eigenvalue weighted by atomic mass is 16.5. The number of piperidine rings is 1. The van der Waals surface area contributed by atoms with Gasteiger partial charge in [-0.1, -0.05) is 0 Å². The van der Waals surface area contributed by atoms with Crippen LogP contribution in [0, 0.1) is 5.92 Å². The summed E-state index contributed by atoms with van der Waals surface area (Å²) in [5.74, 6) is 0.481. The number of ether oxygens (including phenoxy) is 1. The van der Waals surface area contributed by atoms with Gasteiger partial charge in [0.1, 0.15) is 0 Å². The molecule has 0 aromatic heterocycles. The molecule has 4 N–H and O–H groups in total. The van der Waals surface area contributed by atoms with Crippen LogP contribution in [-0.2, 0) is 4.74 Å². The zero-order chi connectivity index (χ0) is 10.4. The zero-order valence-electron chi connectivity index (χ0n) is 8.06. The van der Waals surface area contributed by atoms with E-state index in [1.165, 1.54) is 0 Å². The average molecular weight is 200 g/mol. The van der Waals surface area contributed by atoms with E-state index in [4.69, 9.17) is 11.5 Å². The molecule has 1 aliphatic rings.